The fourth-order valence-corrected chi connectivity index (χ4v) is 2.01. The van der Waals surface area contributed by atoms with Gasteiger partial charge in [0.1, 0.15) is 19.0 Å². The number of hydrogen-bond donors (Lipinski definition) is 2. The Hall–Kier alpha value is -1.66. The number of halogens is 1. The van der Waals surface area contributed by atoms with Crippen LogP contribution in [0.25, 0.3) is 0 Å². The largest absolute Gasteiger partial charge is 0.491 e. The van der Waals surface area contributed by atoms with Crippen molar-refractivity contribution in [3.63, 3.8) is 0 Å². The van der Waals surface area contributed by atoms with Gasteiger partial charge >= 0.3 is 0 Å². The van der Waals surface area contributed by atoms with Crippen LogP contribution in [0.1, 0.15) is 6.42 Å². The topological polar surface area (TPSA) is 59.6 Å². The molecule has 0 spiro atoms. The number of ether oxygens (including phenoxy) is 2. The van der Waals surface area contributed by atoms with Crippen LogP contribution in [-0.4, -0.2) is 45.0 Å². The maximum atomic E-state index is 12.0. The molecule has 1 aromatic carbocycles. The zero-order valence-electron chi connectivity index (χ0n) is 11.2. The first-order valence-corrected chi connectivity index (χ1v) is 6.68. The predicted octanol–water partition coefficient (Wildman–Crippen LogP) is 1.35. The fourth-order valence-electron chi connectivity index (χ4n) is 2.01. The van der Waals surface area contributed by atoms with Crippen molar-refractivity contribution in [2.45, 2.75) is 12.5 Å². The number of hydrogen-bond acceptors (Lipinski definition) is 4. The Morgan fingerprint density at radius 3 is 3.20 bits per heavy atom. The Morgan fingerprint density at radius 1 is 1.55 bits per heavy atom. The van der Waals surface area contributed by atoms with Gasteiger partial charge in [-0.25, -0.2) is 4.39 Å². The lowest BCUT2D eigenvalue weighted by molar-refractivity contribution is -0.117. The van der Waals surface area contributed by atoms with Gasteiger partial charge in [-0.05, 0) is 12.1 Å². The number of carbonyl (C=O) groups is 1. The highest BCUT2D eigenvalue weighted by molar-refractivity contribution is 5.91. The number of carbonyl (C=O) groups excluding carboxylic acids is 1. The summed E-state index contributed by atoms with van der Waals surface area (Å²) in [6.45, 7) is 1.48. The Bertz CT molecular complexity index is 436. The van der Waals surface area contributed by atoms with E-state index in [0.29, 0.717) is 31.1 Å². The summed E-state index contributed by atoms with van der Waals surface area (Å²) in [5.41, 5.74) is 0.642. The van der Waals surface area contributed by atoms with Crippen LogP contribution in [0.5, 0.6) is 5.75 Å². The first-order valence-electron chi connectivity index (χ1n) is 6.68. The summed E-state index contributed by atoms with van der Waals surface area (Å²) in [5.74, 6) is 0.454. The van der Waals surface area contributed by atoms with Gasteiger partial charge in [-0.15, -0.1) is 0 Å². The summed E-state index contributed by atoms with van der Waals surface area (Å²) in [6, 6.07) is 6.98. The molecule has 20 heavy (non-hydrogen) atoms. The Kier molecular flexibility index (Phi) is 5.76. The number of nitrogens with one attached hydrogen (secondary N) is 2. The van der Waals surface area contributed by atoms with Crippen LogP contribution < -0.4 is 15.4 Å². The van der Waals surface area contributed by atoms with Crippen molar-refractivity contribution in [2.75, 3.05) is 38.4 Å². The van der Waals surface area contributed by atoms with Crippen LogP contribution >= 0.6 is 0 Å². The van der Waals surface area contributed by atoms with Gasteiger partial charge < -0.3 is 20.1 Å². The van der Waals surface area contributed by atoms with E-state index in [9.17, 15) is 9.18 Å². The summed E-state index contributed by atoms with van der Waals surface area (Å²) in [4.78, 5) is 11.9. The highest BCUT2D eigenvalue weighted by atomic mass is 19.1. The van der Waals surface area contributed by atoms with Crippen molar-refractivity contribution in [3.05, 3.63) is 24.3 Å². The van der Waals surface area contributed by atoms with Crippen molar-refractivity contribution in [2.24, 2.45) is 0 Å². The molecule has 1 fully saturated rings. The number of morpholine rings is 1. The molecule has 1 unspecified atom stereocenters. The molecule has 1 heterocycles. The number of anilines is 1. The Morgan fingerprint density at radius 2 is 2.45 bits per heavy atom. The number of amides is 1. The molecule has 5 nitrogen and oxygen atoms in total. The maximum absolute atomic E-state index is 12.0. The van der Waals surface area contributed by atoms with Crippen molar-refractivity contribution in [1.29, 1.82) is 0 Å². The van der Waals surface area contributed by atoms with Crippen molar-refractivity contribution in [1.82, 2.24) is 5.32 Å². The fraction of sp³-hybridized carbons (Fsp3) is 0.500. The summed E-state index contributed by atoms with van der Waals surface area (Å²) in [7, 11) is 0. The lowest BCUT2D eigenvalue weighted by Crippen LogP contribution is -2.43. The van der Waals surface area contributed by atoms with E-state index >= 15 is 0 Å². The van der Waals surface area contributed by atoms with Crippen LogP contribution in [0.2, 0.25) is 0 Å². The van der Waals surface area contributed by atoms with E-state index in [0.717, 1.165) is 6.54 Å². The van der Waals surface area contributed by atoms with Crippen LogP contribution in [-0.2, 0) is 9.53 Å². The molecular formula is C14H19FN2O3. The van der Waals surface area contributed by atoms with Gasteiger partial charge in [0.2, 0.25) is 5.91 Å². The number of rotatable bonds is 6. The van der Waals surface area contributed by atoms with Gasteiger partial charge in [0.25, 0.3) is 0 Å². The highest BCUT2D eigenvalue weighted by Gasteiger charge is 2.16. The average Bonchev–Trinajstić information content (AvgIpc) is 2.46. The van der Waals surface area contributed by atoms with Gasteiger partial charge in [0, 0.05) is 30.8 Å². The van der Waals surface area contributed by atoms with E-state index in [1.54, 1.807) is 24.3 Å². The van der Waals surface area contributed by atoms with Gasteiger partial charge in [0.05, 0.1) is 13.2 Å². The van der Waals surface area contributed by atoms with Crippen LogP contribution in [0.4, 0.5) is 10.1 Å². The number of alkyl halides is 1. The SMILES string of the molecule is O=C(CC1COCCN1)Nc1cccc(OCCF)c1. The van der Waals surface area contributed by atoms with E-state index in [4.69, 9.17) is 9.47 Å². The summed E-state index contributed by atoms with van der Waals surface area (Å²) in [5, 5.41) is 6.02. The molecule has 6 heteroatoms. The van der Waals surface area contributed by atoms with Gasteiger partial charge in [-0.3, -0.25) is 4.79 Å². The van der Waals surface area contributed by atoms with E-state index in [1.165, 1.54) is 0 Å². The van der Waals surface area contributed by atoms with E-state index < -0.39 is 6.67 Å². The molecule has 2 N–H and O–H groups in total. The van der Waals surface area contributed by atoms with E-state index in [2.05, 4.69) is 10.6 Å². The molecule has 1 aliphatic heterocycles. The second-order valence-electron chi connectivity index (χ2n) is 4.54. The zero-order valence-corrected chi connectivity index (χ0v) is 11.2. The third-order valence-corrected chi connectivity index (χ3v) is 2.89. The quantitative estimate of drug-likeness (QED) is 0.827. The first kappa shape index (κ1) is 14.7. The van der Waals surface area contributed by atoms with Crippen LogP contribution in [0, 0.1) is 0 Å². The minimum absolute atomic E-state index is 0.0146. The summed E-state index contributed by atoms with van der Waals surface area (Å²) >= 11 is 0. The lowest BCUT2D eigenvalue weighted by atomic mass is 10.2. The molecule has 1 saturated heterocycles. The molecule has 110 valence electrons. The third-order valence-electron chi connectivity index (χ3n) is 2.89. The Labute approximate surface area is 117 Å². The van der Waals surface area contributed by atoms with Crippen LogP contribution in [0.3, 0.4) is 0 Å². The highest BCUT2D eigenvalue weighted by Crippen LogP contribution is 2.17. The zero-order chi connectivity index (χ0) is 14.2. The molecule has 0 aliphatic carbocycles. The molecule has 0 radical (unpaired) electrons. The minimum atomic E-state index is -0.538. The summed E-state index contributed by atoms with van der Waals surface area (Å²) in [6.07, 6.45) is 0.357. The second-order valence-corrected chi connectivity index (χ2v) is 4.54. The maximum Gasteiger partial charge on any atom is 0.226 e. The monoisotopic (exact) mass is 282 g/mol. The molecule has 0 bridgehead atoms. The third kappa shape index (κ3) is 4.79. The standard InChI is InChI=1S/C14H19FN2O3/c15-4-6-20-13-3-1-2-11(8-13)17-14(18)9-12-10-19-7-5-16-12/h1-3,8,12,16H,4-7,9-10H2,(H,17,18). The lowest BCUT2D eigenvalue weighted by Gasteiger charge is -2.23. The van der Waals surface area contributed by atoms with Crippen molar-refractivity contribution < 1.29 is 18.7 Å². The number of benzene rings is 1. The molecule has 1 atom stereocenters. The van der Waals surface area contributed by atoms with Crippen molar-refractivity contribution >= 4 is 11.6 Å². The van der Waals surface area contributed by atoms with Gasteiger partial charge in [-0.1, -0.05) is 6.07 Å². The Balaban J connectivity index is 1.83. The van der Waals surface area contributed by atoms with E-state index in [1.807, 2.05) is 0 Å². The smallest absolute Gasteiger partial charge is 0.226 e. The average molecular weight is 282 g/mol. The second kappa shape index (κ2) is 7.81. The predicted molar refractivity (Wildman–Crippen MR) is 73.8 cm³/mol. The van der Waals surface area contributed by atoms with Crippen LogP contribution in [0.15, 0.2) is 24.3 Å². The molecule has 1 aromatic rings. The van der Waals surface area contributed by atoms with Crippen molar-refractivity contribution in [3.8, 4) is 5.75 Å². The molecule has 0 aromatic heterocycles. The molecule has 0 saturated carbocycles. The molecule has 2 rings (SSSR count). The molecule has 1 aliphatic rings. The molecular weight excluding hydrogens is 263 g/mol. The first-order chi connectivity index (χ1) is 9.78. The van der Waals surface area contributed by atoms with Gasteiger partial charge in [0.15, 0.2) is 0 Å². The normalized spacial score (nSPS) is 18.6. The van der Waals surface area contributed by atoms with Gasteiger partial charge in [-0.2, -0.15) is 0 Å². The summed E-state index contributed by atoms with van der Waals surface area (Å²) < 4.78 is 22.5. The minimum Gasteiger partial charge on any atom is -0.491 e. The molecule has 1 amide bonds. The van der Waals surface area contributed by atoms with E-state index in [-0.39, 0.29) is 18.6 Å².